The maximum Gasteiger partial charge on any atom is 0.239 e. The van der Waals surface area contributed by atoms with E-state index in [1.807, 2.05) is 45.0 Å². The highest BCUT2D eigenvalue weighted by atomic mass is 31.2. The molecule has 1 rings (SSSR count). The SMILES string of the molecule is CCOP(=O)(CC)COc1ccc(CC(C)N)cc1. The number of nitrogens with two attached hydrogens (primary N) is 1. The molecule has 0 spiro atoms. The normalized spacial score (nSPS) is 15.8. The first kappa shape index (κ1) is 16.2. The van der Waals surface area contributed by atoms with E-state index in [2.05, 4.69) is 0 Å². The number of hydrogen-bond donors (Lipinski definition) is 1. The second-order valence-corrected chi connectivity index (χ2v) is 7.43. The Balaban J connectivity index is 2.56. The molecule has 2 N–H and O–H groups in total. The molecule has 0 aliphatic rings. The van der Waals surface area contributed by atoms with Gasteiger partial charge in [-0.15, -0.1) is 0 Å². The highest BCUT2D eigenvalue weighted by molar-refractivity contribution is 7.58. The summed E-state index contributed by atoms with van der Waals surface area (Å²) in [6.07, 6.45) is 1.46. The van der Waals surface area contributed by atoms with Crippen molar-refractivity contribution < 1.29 is 13.8 Å². The molecule has 2 atom stereocenters. The fourth-order valence-electron chi connectivity index (χ4n) is 1.72. The average molecular weight is 285 g/mol. The van der Waals surface area contributed by atoms with Crippen molar-refractivity contribution in [1.29, 1.82) is 0 Å². The van der Waals surface area contributed by atoms with Crippen molar-refractivity contribution in [3.05, 3.63) is 29.8 Å². The third-order valence-corrected chi connectivity index (χ3v) is 4.97. The van der Waals surface area contributed by atoms with Crippen LogP contribution in [-0.4, -0.2) is 25.2 Å². The molecule has 0 bridgehead atoms. The molecule has 4 nitrogen and oxygen atoms in total. The second kappa shape index (κ2) is 7.68. The monoisotopic (exact) mass is 285 g/mol. The molecule has 0 aliphatic heterocycles. The van der Waals surface area contributed by atoms with Crippen LogP contribution in [-0.2, 0) is 15.5 Å². The van der Waals surface area contributed by atoms with Crippen LogP contribution in [0.15, 0.2) is 24.3 Å². The third-order valence-electron chi connectivity index (χ3n) is 2.76. The smallest absolute Gasteiger partial charge is 0.239 e. The minimum absolute atomic E-state index is 0.129. The summed E-state index contributed by atoms with van der Waals surface area (Å²) in [5, 5.41) is 0. The lowest BCUT2D eigenvalue weighted by Crippen LogP contribution is -2.17. The summed E-state index contributed by atoms with van der Waals surface area (Å²) in [6, 6.07) is 7.87. The molecule has 0 aromatic heterocycles. The van der Waals surface area contributed by atoms with Gasteiger partial charge in [-0.3, -0.25) is 4.57 Å². The standard InChI is InChI=1S/C14H24NO3P/c1-4-18-19(16,5-2)11-17-14-8-6-13(7-9-14)10-12(3)15/h6-9,12H,4-5,10-11,15H2,1-3H3. The molecule has 1 aromatic carbocycles. The number of benzene rings is 1. The molecule has 0 radical (unpaired) electrons. The first-order valence-electron chi connectivity index (χ1n) is 6.69. The van der Waals surface area contributed by atoms with Gasteiger partial charge < -0.3 is 15.0 Å². The van der Waals surface area contributed by atoms with Crippen molar-refractivity contribution in [2.75, 3.05) is 19.1 Å². The fraction of sp³-hybridized carbons (Fsp3) is 0.571. The van der Waals surface area contributed by atoms with Gasteiger partial charge in [-0.1, -0.05) is 19.1 Å². The van der Waals surface area contributed by atoms with Crippen molar-refractivity contribution in [1.82, 2.24) is 0 Å². The molecule has 19 heavy (non-hydrogen) atoms. The summed E-state index contributed by atoms with van der Waals surface area (Å²) in [4.78, 5) is 0. The van der Waals surface area contributed by atoms with Gasteiger partial charge in [0.1, 0.15) is 5.75 Å². The zero-order valence-corrected chi connectivity index (χ0v) is 12.9. The lowest BCUT2D eigenvalue weighted by Gasteiger charge is -2.16. The van der Waals surface area contributed by atoms with Gasteiger partial charge >= 0.3 is 0 Å². The van der Waals surface area contributed by atoms with Crippen LogP contribution in [0, 0.1) is 0 Å². The summed E-state index contributed by atoms with van der Waals surface area (Å²) in [5.41, 5.74) is 6.92. The van der Waals surface area contributed by atoms with Crippen LogP contribution in [0.1, 0.15) is 26.3 Å². The van der Waals surface area contributed by atoms with Crippen LogP contribution in [0.3, 0.4) is 0 Å². The van der Waals surface area contributed by atoms with Crippen LogP contribution in [0.5, 0.6) is 5.75 Å². The Morgan fingerprint density at radius 1 is 1.26 bits per heavy atom. The lowest BCUT2D eigenvalue weighted by atomic mass is 10.1. The zero-order chi connectivity index (χ0) is 14.3. The predicted molar refractivity (Wildman–Crippen MR) is 79.1 cm³/mol. The van der Waals surface area contributed by atoms with Gasteiger partial charge in [-0.05, 0) is 38.0 Å². The Bertz CT molecular complexity index is 417. The average Bonchev–Trinajstić information content (AvgIpc) is 2.38. The van der Waals surface area contributed by atoms with Gasteiger partial charge in [-0.2, -0.15) is 0 Å². The summed E-state index contributed by atoms with van der Waals surface area (Å²) in [5.74, 6) is 0.710. The molecular weight excluding hydrogens is 261 g/mol. The van der Waals surface area contributed by atoms with Crippen molar-refractivity contribution in [2.45, 2.75) is 33.2 Å². The molecule has 0 amide bonds. The lowest BCUT2D eigenvalue weighted by molar-refractivity contribution is 0.294. The molecule has 0 heterocycles. The number of hydrogen-bond acceptors (Lipinski definition) is 4. The fourth-order valence-corrected chi connectivity index (χ4v) is 2.98. The predicted octanol–water partition coefficient (Wildman–Crippen LogP) is 3.25. The van der Waals surface area contributed by atoms with E-state index in [-0.39, 0.29) is 12.4 Å². The summed E-state index contributed by atoms with van der Waals surface area (Å²) < 4.78 is 23.0. The minimum Gasteiger partial charge on any atom is -0.484 e. The summed E-state index contributed by atoms with van der Waals surface area (Å²) >= 11 is 0. The van der Waals surface area contributed by atoms with Gasteiger partial charge in [-0.25, -0.2) is 0 Å². The molecule has 2 unspecified atom stereocenters. The molecule has 5 heteroatoms. The number of ether oxygens (including phenoxy) is 1. The largest absolute Gasteiger partial charge is 0.484 e. The molecule has 1 aromatic rings. The van der Waals surface area contributed by atoms with E-state index in [9.17, 15) is 4.57 Å². The Kier molecular flexibility index (Phi) is 6.56. The summed E-state index contributed by atoms with van der Waals surface area (Å²) in [6.45, 7) is 6.11. The second-order valence-electron chi connectivity index (χ2n) is 4.65. The van der Waals surface area contributed by atoms with E-state index < -0.39 is 7.37 Å². The van der Waals surface area contributed by atoms with E-state index in [0.717, 1.165) is 6.42 Å². The van der Waals surface area contributed by atoms with Crippen LogP contribution in [0.4, 0.5) is 0 Å². The maximum absolute atomic E-state index is 12.2. The van der Waals surface area contributed by atoms with Gasteiger partial charge in [0.25, 0.3) is 0 Å². The van der Waals surface area contributed by atoms with Gasteiger partial charge in [0.05, 0.1) is 6.61 Å². The van der Waals surface area contributed by atoms with Crippen LogP contribution < -0.4 is 10.5 Å². The van der Waals surface area contributed by atoms with Crippen molar-refractivity contribution in [2.24, 2.45) is 5.73 Å². The van der Waals surface area contributed by atoms with Gasteiger partial charge in [0.15, 0.2) is 6.35 Å². The topological polar surface area (TPSA) is 61.5 Å². The van der Waals surface area contributed by atoms with Crippen molar-refractivity contribution in [3.63, 3.8) is 0 Å². The summed E-state index contributed by atoms with van der Waals surface area (Å²) in [7, 11) is -2.64. The quantitative estimate of drug-likeness (QED) is 0.745. The maximum atomic E-state index is 12.2. The van der Waals surface area contributed by atoms with Crippen molar-refractivity contribution in [3.8, 4) is 5.75 Å². The molecule has 108 valence electrons. The molecule has 0 saturated carbocycles. The Labute approximate surface area is 115 Å². The van der Waals surface area contributed by atoms with Gasteiger partial charge in [0, 0.05) is 12.2 Å². The first-order chi connectivity index (χ1) is 8.99. The van der Waals surface area contributed by atoms with Crippen LogP contribution in [0.25, 0.3) is 0 Å². The van der Waals surface area contributed by atoms with E-state index >= 15 is 0 Å². The number of rotatable bonds is 8. The zero-order valence-electron chi connectivity index (χ0n) is 12.0. The highest BCUT2D eigenvalue weighted by Gasteiger charge is 2.20. The Morgan fingerprint density at radius 3 is 2.37 bits per heavy atom. The Hall–Kier alpha value is -0.830. The first-order valence-corrected chi connectivity index (χ1v) is 8.68. The van der Waals surface area contributed by atoms with Crippen LogP contribution in [0.2, 0.25) is 0 Å². The van der Waals surface area contributed by atoms with Crippen molar-refractivity contribution >= 4 is 7.37 Å². The third kappa shape index (κ3) is 5.77. The van der Waals surface area contributed by atoms with Gasteiger partial charge in [0.2, 0.25) is 7.37 Å². The molecule has 0 saturated heterocycles. The minimum atomic E-state index is -2.64. The highest BCUT2D eigenvalue weighted by Crippen LogP contribution is 2.46. The molecular formula is C14H24NO3P. The van der Waals surface area contributed by atoms with E-state index in [4.69, 9.17) is 15.0 Å². The van der Waals surface area contributed by atoms with E-state index in [1.54, 1.807) is 0 Å². The van der Waals surface area contributed by atoms with E-state index in [1.165, 1.54) is 5.56 Å². The Morgan fingerprint density at radius 2 is 1.89 bits per heavy atom. The molecule has 0 aliphatic carbocycles. The van der Waals surface area contributed by atoms with Crippen LogP contribution >= 0.6 is 7.37 Å². The van der Waals surface area contributed by atoms with E-state index in [0.29, 0.717) is 18.5 Å². The molecule has 0 fully saturated rings.